The number of anilines is 1. The number of nitrogen functional groups attached to an aromatic ring is 1. The molecule has 1 aromatic carbocycles. The van der Waals surface area contributed by atoms with Crippen molar-refractivity contribution >= 4 is 23.2 Å². The van der Waals surface area contributed by atoms with Crippen LogP contribution in [0.25, 0.3) is 0 Å². The van der Waals surface area contributed by atoms with Crippen molar-refractivity contribution in [3.63, 3.8) is 0 Å². The van der Waals surface area contributed by atoms with Crippen molar-refractivity contribution in [2.75, 3.05) is 5.73 Å². The second kappa shape index (κ2) is 3.98. The molecule has 1 fully saturated rings. The summed E-state index contributed by atoms with van der Waals surface area (Å²) in [6, 6.07) is 4.94. The van der Waals surface area contributed by atoms with Gasteiger partial charge in [0.2, 0.25) is 0 Å². The largest absolute Gasteiger partial charge is 0.399 e. The molecule has 0 bridgehead atoms. The number of hydrogen-bond donors (Lipinski definition) is 2. The first-order valence-electron chi connectivity index (χ1n) is 5.38. The number of carbonyl (C=O) groups is 1. The summed E-state index contributed by atoms with van der Waals surface area (Å²) in [6.07, 6.45) is 3.24. The number of rotatable bonds is 2. The lowest BCUT2D eigenvalue weighted by Gasteiger charge is -2.39. The molecule has 86 valence electrons. The molecular weight excluding hydrogens is 224 g/mol. The van der Waals surface area contributed by atoms with Gasteiger partial charge in [-0.15, -0.1) is 0 Å². The van der Waals surface area contributed by atoms with E-state index in [1.165, 1.54) is 6.42 Å². The smallest absolute Gasteiger partial charge is 0.253 e. The zero-order chi connectivity index (χ0) is 11.8. The SMILES string of the molecule is CC1(NC(=O)c2ccc(N)cc2Cl)CCC1. The highest BCUT2D eigenvalue weighted by atomic mass is 35.5. The maximum atomic E-state index is 11.9. The molecule has 2 rings (SSSR count). The summed E-state index contributed by atoms with van der Waals surface area (Å²) in [5, 5.41) is 3.41. The number of halogens is 1. The first-order chi connectivity index (χ1) is 7.50. The van der Waals surface area contributed by atoms with Crippen molar-refractivity contribution in [1.82, 2.24) is 5.32 Å². The highest BCUT2D eigenvalue weighted by Gasteiger charge is 2.33. The second-order valence-electron chi connectivity index (χ2n) is 4.61. The lowest BCUT2D eigenvalue weighted by molar-refractivity contribution is 0.0850. The predicted octanol–water partition coefficient (Wildman–Crippen LogP) is 2.59. The van der Waals surface area contributed by atoms with E-state index in [1.54, 1.807) is 18.2 Å². The summed E-state index contributed by atoms with van der Waals surface area (Å²) in [4.78, 5) is 11.9. The van der Waals surface area contributed by atoms with Gasteiger partial charge in [0.25, 0.3) is 5.91 Å². The first kappa shape index (κ1) is 11.3. The molecule has 0 spiro atoms. The van der Waals surface area contributed by atoms with Crippen molar-refractivity contribution < 1.29 is 4.79 Å². The van der Waals surface area contributed by atoms with E-state index in [2.05, 4.69) is 12.2 Å². The van der Waals surface area contributed by atoms with Gasteiger partial charge in [0, 0.05) is 11.2 Å². The minimum absolute atomic E-state index is 0.0538. The van der Waals surface area contributed by atoms with E-state index in [4.69, 9.17) is 17.3 Å². The lowest BCUT2D eigenvalue weighted by atomic mass is 9.78. The Bertz CT molecular complexity index is 427. The molecule has 16 heavy (non-hydrogen) atoms. The molecule has 0 heterocycles. The van der Waals surface area contributed by atoms with Crippen LogP contribution >= 0.6 is 11.6 Å². The van der Waals surface area contributed by atoms with Gasteiger partial charge in [0.05, 0.1) is 10.6 Å². The minimum atomic E-state index is -0.118. The number of benzene rings is 1. The minimum Gasteiger partial charge on any atom is -0.399 e. The third kappa shape index (κ3) is 2.14. The third-order valence-corrected chi connectivity index (χ3v) is 3.42. The van der Waals surface area contributed by atoms with Crippen LogP contribution in [0.3, 0.4) is 0 Å². The van der Waals surface area contributed by atoms with E-state index in [-0.39, 0.29) is 11.4 Å². The summed E-state index contributed by atoms with van der Waals surface area (Å²) in [7, 11) is 0. The Morgan fingerprint density at radius 2 is 2.19 bits per heavy atom. The molecule has 4 heteroatoms. The van der Waals surface area contributed by atoms with Gasteiger partial charge in [-0.3, -0.25) is 4.79 Å². The Labute approximate surface area is 100.0 Å². The molecule has 3 N–H and O–H groups in total. The summed E-state index contributed by atoms with van der Waals surface area (Å²) in [6.45, 7) is 2.06. The third-order valence-electron chi connectivity index (χ3n) is 3.11. The van der Waals surface area contributed by atoms with Crippen molar-refractivity contribution in [1.29, 1.82) is 0 Å². The molecule has 0 radical (unpaired) electrons. The molecule has 0 atom stereocenters. The van der Waals surface area contributed by atoms with Crippen molar-refractivity contribution in [2.24, 2.45) is 0 Å². The number of nitrogens with two attached hydrogens (primary N) is 1. The van der Waals surface area contributed by atoms with E-state index in [0.717, 1.165) is 12.8 Å². The molecule has 1 aliphatic carbocycles. The molecule has 0 aliphatic heterocycles. The van der Waals surface area contributed by atoms with Crippen LogP contribution in [0.4, 0.5) is 5.69 Å². The fourth-order valence-electron chi connectivity index (χ4n) is 1.89. The van der Waals surface area contributed by atoms with Crippen molar-refractivity contribution in [2.45, 2.75) is 31.7 Å². The fraction of sp³-hybridized carbons (Fsp3) is 0.417. The van der Waals surface area contributed by atoms with E-state index in [0.29, 0.717) is 16.3 Å². The monoisotopic (exact) mass is 238 g/mol. The van der Waals surface area contributed by atoms with Crippen LogP contribution in [0.1, 0.15) is 36.5 Å². The zero-order valence-electron chi connectivity index (χ0n) is 9.22. The van der Waals surface area contributed by atoms with Crippen LogP contribution in [0.5, 0.6) is 0 Å². The van der Waals surface area contributed by atoms with Crippen LogP contribution in [0.2, 0.25) is 5.02 Å². The summed E-state index contributed by atoms with van der Waals surface area (Å²) >= 11 is 5.97. The predicted molar refractivity (Wildman–Crippen MR) is 65.6 cm³/mol. The van der Waals surface area contributed by atoms with Crippen molar-refractivity contribution in [3.8, 4) is 0 Å². The normalized spacial score (nSPS) is 17.6. The number of amides is 1. The van der Waals surface area contributed by atoms with Gasteiger partial charge in [-0.05, 0) is 44.4 Å². The van der Waals surface area contributed by atoms with Gasteiger partial charge in [-0.25, -0.2) is 0 Å². The molecule has 1 aliphatic rings. The van der Waals surface area contributed by atoms with Crippen molar-refractivity contribution in [3.05, 3.63) is 28.8 Å². The molecule has 0 aromatic heterocycles. The molecule has 1 saturated carbocycles. The molecule has 0 saturated heterocycles. The Morgan fingerprint density at radius 1 is 1.50 bits per heavy atom. The summed E-state index contributed by atoms with van der Waals surface area (Å²) in [5.74, 6) is -0.118. The Morgan fingerprint density at radius 3 is 2.69 bits per heavy atom. The Balaban J connectivity index is 2.14. The molecule has 0 unspecified atom stereocenters. The zero-order valence-corrected chi connectivity index (χ0v) is 9.97. The Kier molecular flexibility index (Phi) is 2.80. The maximum absolute atomic E-state index is 11.9. The summed E-state index contributed by atoms with van der Waals surface area (Å²) in [5.41, 5.74) is 6.58. The van der Waals surface area contributed by atoms with Gasteiger partial charge in [0.1, 0.15) is 0 Å². The van der Waals surface area contributed by atoms with Crippen LogP contribution < -0.4 is 11.1 Å². The Hall–Kier alpha value is -1.22. The van der Waals surface area contributed by atoms with E-state index in [1.807, 2.05) is 0 Å². The van der Waals surface area contributed by atoms with E-state index >= 15 is 0 Å². The molecule has 3 nitrogen and oxygen atoms in total. The van der Waals surface area contributed by atoms with Gasteiger partial charge in [0.15, 0.2) is 0 Å². The number of nitrogens with one attached hydrogen (secondary N) is 1. The molecule has 1 aromatic rings. The number of hydrogen-bond acceptors (Lipinski definition) is 2. The quantitative estimate of drug-likeness (QED) is 0.779. The van der Waals surface area contributed by atoms with Crippen LogP contribution in [0.15, 0.2) is 18.2 Å². The van der Waals surface area contributed by atoms with Crippen LogP contribution in [-0.2, 0) is 0 Å². The lowest BCUT2D eigenvalue weighted by Crippen LogP contribution is -2.50. The standard InChI is InChI=1S/C12H15ClN2O/c1-12(5-2-6-12)15-11(16)9-4-3-8(14)7-10(9)13/h3-4,7H,2,5-6,14H2,1H3,(H,15,16). The van der Waals surface area contributed by atoms with E-state index < -0.39 is 0 Å². The number of carbonyl (C=O) groups excluding carboxylic acids is 1. The van der Waals surface area contributed by atoms with E-state index in [9.17, 15) is 4.79 Å². The average Bonchev–Trinajstić information content (AvgIpc) is 2.14. The van der Waals surface area contributed by atoms with Gasteiger partial charge in [-0.2, -0.15) is 0 Å². The average molecular weight is 239 g/mol. The summed E-state index contributed by atoms with van der Waals surface area (Å²) < 4.78 is 0. The fourth-order valence-corrected chi connectivity index (χ4v) is 2.16. The maximum Gasteiger partial charge on any atom is 0.253 e. The highest BCUT2D eigenvalue weighted by molar-refractivity contribution is 6.34. The first-order valence-corrected chi connectivity index (χ1v) is 5.75. The van der Waals surface area contributed by atoms with Gasteiger partial charge < -0.3 is 11.1 Å². The highest BCUT2D eigenvalue weighted by Crippen LogP contribution is 2.31. The van der Waals surface area contributed by atoms with Gasteiger partial charge in [-0.1, -0.05) is 11.6 Å². The topological polar surface area (TPSA) is 55.1 Å². The van der Waals surface area contributed by atoms with Gasteiger partial charge >= 0.3 is 0 Å². The molecule has 1 amide bonds. The van der Waals surface area contributed by atoms with Crippen LogP contribution in [0, 0.1) is 0 Å². The second-order valence-corrected chi connectivity index (χ2v) is 5.01. The molecular formula is C12H15ClN2O. The van der Waals surface area contributed by atoms with Crippen LogP contribution in [-0.4, -0.2) is 11.4 Å².